The van der Waals surface area contributed by atoms with E-state index in [-0.39, 0.29) is 0 Å². The van der Waals surface area contributed by atoms with Crippen LogP contribution < -0.4 is 15.3 Å². The number of nitrogens with zero attached hydrogens (tertiary/aromatic N) is 2. The van der Waals surface area contributed by atoms with Gasteiger partial charge in [-0.15, -0.1) is 0 Å². The molecule has 2 aliphatic rings. The summed E-state index contributed by atoms with van der Waals surface area (Å²) in [6.07, 6.45) is 3.67. The van der Waals surface area contributed by atoms with Crippen LogP contribution in [0, 0.1) is 0 Å². The number of rotatable bonds is 0. The van der Waals surface area contributed by atoms with Gasteiger partial charge in [0.15, 0.2) is 0 Å². The maximum Gasteiger partial charge on any atom is 0.235 e. The Morgan fingerprint density at radius 2 is 1.29 bits per heavy atom. The quantitative estimate of drug-likeness (QED) is 0.279. The maximum atomic E-state index is 15.3. The van der Waals surface area contributed by atoms with E-state index in [1.54, 1.807) is 6.20 Å². The van der Waals surface area contributed by atoms with Crippen LogP contribution in [-0.4, -0.2) is 4.98 Å². The van der Waals surface area contributed by atoms with Crippen LogP contribution in [0.5, 0.6) is 0 Å². The second kappa shape index (κ2) is 5.94. The minimum absolute atomic E-state index is 0.876. The van der Waals surface area contributed by atoms with E-state index in [1.165, 1.54) is 0 Å². The second-order valence-electron chi connectivity index (χ2n) is 8.03. The van der Waals surface area contributed by atoms with Gasteiger partial charge in [-0.1, -0.05) is 60.7 Å². The highest BCUT2D eigenvalue weighted by Gasteiger charge is 2.47. The molecule has 4 heteroatoms. The largest absolute Gasteiger partial charge is 0.289 e. The molecule has 0 spiro atoms. The molecule has 1 unspecified atom stereocenters. The van der Waals surface area contributed by atoms with Gasteiger partial charge in [0, 0.05) is 34.1 Å². The van der Waals surface area contributed by atoms with Gasteiger partial charge >= 0.3 is 0 Å². The fourth-order valence-electron chi connectivity index (χ4n) is 5.10. The summed E-state index contributed by atoms with van der Waals surface area (Å²) in [5.41, 5.74) is 6.12. The van der Waals surface area contributed by atoms with Crippen LogP contribution in [0.4, 0.5) is 11.4 Å². The molecule has 0 aliphatic carbocycles. The predicted molar refractivity (Wildman–Crippen MR) is 128 cm³/mol. The summed E-state index contributed by atoms with van der Waals surface area (Å²) in [7, 11) is -3.16. The molecule has 146 valence electrons. The van der Waals surface area contributed by atoms with Crippen molar-refractivity contribution >= 4 is 40.0 Å². The Morgan fingerprint density at radius 1 is 0.613 bits per heavy atom. The van der Waals surface area contributed by atoms with E-state index < -0.39 is 7.29 Å². The van der Waals surface area contributed by atoms with Crippen LogP contribution in [0.2, 0.25) is 0 Å². The zero-order valence-electron chi connectivity index (χ0n) is 16.6. The summed E-state index contributed by atoms with van der Waals surface area (Å²) < 4.78 is 17.4. The van der Waals surface area contributed by atoms with Crippen LogP contribution in [0.25, 0.3) is 33.0 Å². The predicted octanol–water partition coefficient (Wildman–Crippen LogP) is 6.26. The molecule has 0 radical (unpaired) electrons. The number of pyridine rings is 1. The Labute approximate surface area is 180 Å². The summed E-state index contributed by atoms with van der Waals surface area (Å²) in [6, 6.07) is 31.0. The third-order valence-corrected chi connectivity index (χ3v) is 9.50. The normalized spacial score (nSPS) is 17.9. The van der Waals surface area contributed by atoms with Crippen LogP contribution >= 0.6 is 7.29 Å². The van der Waals surface area contributed by atoms with Gasteiger partial charge in [0.1, 0.15) is 0 Å². The van der Waals surface area contributed by atoms with Gasteiger partial charge in [0.2, 0.25) is 7.29 Å². The highest BCUT2D eigenvalue weighted by molar-refractivity contribution is 7.81. The van der Waals surface area contributed by atoms with Crippen LogP contribution in [0.15, 0.2) is 103 Å². The monoisotopic (exact) mass is 416 g/mol. The second-order valence-corrected chi connectivity index (χ2v) is 10.5. The molecular formula is C27H17N2OP. The number of benzene rings is 4. The third-order valence-electron chi connectivity index (χ3n) is 6.44. The van der Waals surface area contributed by atoms with Gasteiger partial charge in [0.05, 0.1) is 11.4 Å². The number of fused-ring (bicyclic) bond motifs is 12. The summed E-state index contributed by atoms with van der Waals surface area (Å²) in [5.74, 6) is 0. The fraction of sp³-hybridized carbons (Fsp3) is 0. The van der Waals surface area contributed by atoms with Crippen molar-refractivity contribution in [3.05, 3.63) is 103 Å². The van der Waals surface area contributed by atoms with E-state index in [0.29, 0.717) is 0 Å². The lowest BCUT2D eigenvalue weighted by atomic mass is 9.98. The minimum atomic E-state index is -3.16. The Hall–Kier alpha value is -3.68. The first-order chi connectivity index (χ1) is 15.3. The van der Waals surface area contributed by atoms with Gasteiger partial charge in [-0.3, -0.25) is 14.2 Å². The third kappa shape index (κ3) is 2.09. The molecule has 0 N–H and O–H groups in total. The lowest BCUT2D eigenvalue weighted by Crippen LogP contribution is -2.37. The van der Waals surface area contributed by atoms with E-state index in [1.807, 2.05) is 42.6 Å². The van der Waals surface area contributed by atoms with Crippen molar-refractivity contribution in [2.24, 2.45) is 0 Å². The van der Waals surface area contributed by atoms with Crippen molar-refractivity contribution in [1.29, 1.82) is 0 Å². The molecule has 0 saturated carbocycles. The molecule has 2 aliphatic heterocycles. The first kappa shape index (κ1) is 17.0. The van der Waals surface area contributed by atoms with E-state index in [4.69, 9.17) is 0 Å². The Balaban J connectivity index is 1.70. The Morgan fingerprint density at radius 3 is 2.16 bits per heavy atom. The zero-order chi connectivity index (χ0) is 20.6. The average Bonchev–Trinajstić information content (AvgIpc) is 2.83. The van der Waals surface area contributed by atoms with E-state index in [2.05, 4.69) is 64.3 Å². The topological polar surface area (TPSA) is 33.2 Å². The molecule has 3 heterocycles. The van der Waals surface area contributed by atoms with Crippen LogP contribution in [0.3, 0.4) is 0 Å². The van der Waals surface area contributed by atoms with Gasteiger partial charge in [-0.25, -0.2) is 0 Å². The van der Waals surface area contributed by atoms with E-state index in [0.717, 1.165) is 55.0 Å². The molecule has 5 aromatic rings. The fourth-order valence-corrected chi connectivity index (χ4v) is 8.39. The minimum Gasteiger partial charge on any atom is -0.289 e. The number of hydrogen-bond acceptors (Lipinski definition) is 2. The summed E-state index contributed by atoms with van der Waals surface area (Å²) in [5, 5.41) is 4.04. The van der Waals surface area contributed by atoms with Crippen LogP contribution in [0.1, 0.15) is 0 Å². The molecule has 1 aromatic heterocycles. The van der Waals surface area contributed by atoms with Crippen molar-refractivity contribution < 1.29 is 4.57 Å². The van der Waals surface area contributed by atoms with Crippen molar-refractivity contribution in [1.82, 2.24) is 4.98 Å². The maximum absolute atomic E-state index is 15.3. The molecule has 0 amide bonds. The summed E-state index contributed by atoms with van der Waals surface area (Å²) in [6.45, 7) is 0. The van der Waals surface area contributed by atoms with E-state index in [9.17, 15) is 0 Å². The number of para-hydroxylation sites is 1. The highest BCUT2D eigenvalue weighted by Crippen LogP contribution is 2.65. The van der Waals surface area contributed by atoms with Gasteiger partial charge < -0.3 is 0 Å². The summed E-state index contributed by atoms with van der Waals surface area (Å²) in [4.78, 5) is 4.38. The molecule has 0 fully saturated rings. The first-order valence-corrected chi connectivity index (χ1v) is 12.0. The van der Waals surface area contributed by atoms with Gasteiger partial charge in [0.25, 0.3) is 0 Å². The van der Waals surface area contributed by atoms with Crippen LogP contribution in [-0.2, 0) is 4.57 Å². The lowest BCUT2D eigenvalue weighted by molar-refractivity contribution is 0.586. The Kier molecular flexibility index (Phi) is 3.26. The molecule has 3 nitrogen and oxygen atoms in total. The molecule has 4 aromatic carbocycles. The molecule has 1 atom stereocenters. The molecular weight excluding hydrogens is 399 g/mol. The smallest absolute Gasteiger partial charge is 0.235 e. The highest BCUT2D eigenvalue weighted by atomic mass is 31.2. The van der Waals surface area contributed by atoms with Crippen molar-refractivity contribution in [2.75, 3.05) is 4.67 Å². The zero-order valence-corrected chi connectivity index (χ0v) is 17.5. The number of hydrogen-bond donors (Lipinski definition) is 0. The molecule has 0 bridgehead atoms. The van der Waals surface area contributed by atoms with Gasteiger partial charge in [-0.2, -0.15) is 0 Å². The average molecular weight is 416 g/mol. The van der Waals surface area contributed by atoms with Crippen molar-refractivity contribution in [3.63, 3.8) is 0 Å². The number of aromatic nitrogens is 1. The SMILES string of the molecule is O=P12c3ccccc3-c3cnccc3N1c1ccccc1-c1cc3ccccc3cc12. The Bertz CT molecular complexity index is 1590. The van der Waals surface area contributed by atoms with Crippen molar-refractivity contribution in [2.45, 2.75) is 0 Å². The molecule has 7 rings (SSSR count). The number of anilines is 2. The molecule has 31 heavy (non-hydrogen) atoms. The molecule has 0 saturated heterocycles. The van der Waals surface area contributed by atoms with E-state index >= 15 is 4.57 Å². The standard InChI is InChI=1S/C27H17N2OP/c30-31-26-12-6-4-10-21(26)23-17-28-14-13-25(23)29(31)24-11-5-3-9-20(24)22-15-18-7-1-2-8-19(18)16-27(22)31/h1-17H. The lowest BCUT2D eigenvalue weighted by Gasteiger charge is -2.44. The first-order valence-electron chi connectivity index (χ1n) is 10.3. The van der Waals surface area contributed by atoms with Crippen molar-refractivity contribution in [3.8, 4) is 22.3 Å². The summed E-state index contributed by atoms with van der Waals surface area (Å²) >= 11 is 0. The van der Waals surface area contributed by atoms with Gasteiger partial charge in [-0.05, 0) is 52.2 Å².